The van der Waals surface area contributed by atoms with Crippen molar-refractivity contribution in [3.05, 3.63) is 23.8 Å². The number of hydrogen-bond acceptors (Lipinski definition) is 3. The van der Waals surface area contributed by atoms with Gasteiger partial charge < -0.3 is 5.11 Å². The van der Waals surface area contributed by atoms with E-state index in [1.807, 2.05) is 6.08 Å². The van der Waals surface area contributed by atoms with Crippen LogP contribution in [0.2, 0.25) is 0 Å². The number of Topliss-reactive ketones (excluding diaryl/α,β-unsaturated/α-hetero) is 1. The zero-order valence-electron chi connectivity index (χ0n) is 15.7. The van der Waals surface area contributed by atoms with Gasteiger partial charge in [-0.3, -0.25) is 9.59 Å². The molecule has 0 spiro atoms. The molecular weight excluding hydrogens is 312 g/mol. The van der Waals surface area contributed by atoms with E-state index in [2.05, 4.69) is 20.4 Å². The van der Waals surface area contributed by atoms with Gasteiger partial charge >= 0.3 is 0 Å². The highest BCUT2D eigenvalue weighted by Crippen LogP contribution is 2.68. The Bertz CT molecular complexity index is 704. The molecule has 0 bridgehead atoms. The molecule has 3 heteroatoms. The standard InChI is InChI=1S/C22H30O3/c1-13-11-16-17(20(3)8-5-15(24)12-19(13)20)6-9-21(4)18(16)7-10-22(21,25)14(2)23/h12,16-18,25H,1,5-11H2,2-4H3/t16-,17-,18-,20+,21-,22-/m0/s1. The van der Waals surface area contributed by atoms with Crippen LogP contribution in [0.3, 0.4) is 0 Å². The molecule has 3 nitrogen and oxygen atoms in total. The second kappa shape index (κ2) is 5.16. The van der Waals surface area contributed by atoms with Crippen molar-refractivity contribution in [1.29, 1.82) is 0 Å². The third-order valence-electron chi connectivity index (χ3n) is 8.66. The van der Waals surface area contributed by atoms with Crippen LogP contribution >= 0.6 is 0 Å². The van der Waals surface area contributed by atoms with Gasteiger partial charge in [0.2, 0.25) is 0 Å². The Morgan fingerprint density at radius 3 is 2.56 bits per heavy atom. The summed E-state index contributed by atoms with van der Waals surface area (Å²) in [5.41, 5.74) is 0.852. The van der Waals surface area contributed by atoms with E-state index >= 15 is 0 Å². The molecule has 0 aromatic rings. The average Bonchev–Trinajstić information content (AvgIpc) is 2.83. The summed E-state index contributed by atoms with van der Waals surface area (Å²) in [6.45, 7) is 10.3. The van der Waals surface area contributed by atoms with Crippen molar-refractivity contribution in [1.82, 2.24) is 0 Å². The van der Waals surface area contributed by atoms with Gasteiger partial charge in [-0.15, -0.1) is 0 Å². The minimum absolute atomic E-state index is 0.0339. The fraction of sp³-hybridized carbons (Fsp3) is 0.727. The van der Waals surface area contributed by atoms with E-state index in [1.54, 1.807) is 6.92 Å². The lowest BCUT2D eigenvalue weighted by atomic mass is 9.45. The summed E-state index contributed by atoms with van der Waals surface area (Å²) in [5.74, 6) is 1.54. The first-order valence-corrected chi connectivity index (χ1v) is 9.80. The van der Waals surface area contributed by atoms with Gasteiger partial charge in [0.05, 0.1) is 0 Å². The number of fused-ring (bicyclic) bond motifs is 5. The topological polar surface area (TPSA) is 54.4 Å². The zero-order valence-corrected chi connectivity index (χ0v) is 15.7. The van der Waals surface area contributed by atoms with E-state index in [0.717, 1.165) is 37.7 Å². The molecule has 4 rings (SSSR count). The molecule has 4 aliphatic rings. The molecule has 4 aliphatic carbocycles. The highest BCUT2D eigenvalue weighted by molar-refractivity contribution is 5.92. The van der Waals surface area contributed by atoms with E-state index in [9.17, 15) is 14.7 Å². The van der Waals surface area contributed by atoms with E-state index in [0.29, 0.717) is 30.6 Å². The molecule has 0 amide bonds. The van der Waals surface area contributed by atoms with Crippen LogP contribution in [0.15, 0.2) is 23.8 Å². The third kappa shape index (κ3) is 2.02. The summed E-state index contributed by atoms with van der Waals surface area (Å²) in [6.07, 6.45) is 7.77. The van der Waals surface area contributed by atoms with Gasteiger partial charge in [0.1, 0.15) is 5.60 Å². The molecule has 0 aliphatic heterocycles. The quantitative estimate of drug-likeness (QED) is 0.783. The number of aliphatic hydroxyl groups is 1. The third-order valence-corrected chi connectivity index (χ3v) is 8.66. The van der Waals surface area contributed by atoms with Crippen LogP contribution in [-0.4, -0.2) is 22.3 Å². The van der Waals surface area contributed by atoms with Crippen molar-refractivity contribution in [3.8, 4) is 0 Å². The predicted molar refractivity (Wildman–Crippen MR) is 96.9 cm³/mol. The van der Waals surface area contributed by atoms with Crippen molar-refractivity contribution in [2.45, 2.75) is 71.3 Å². The minimum Gasteiger partial charge on any atom is -0.382 e. The molecule has 1 N–H and O–H groups in total. The Labute approximate surface area is 150 Å². The summed E-state index contributed by atoms with van der Waals surface area (Å²) in [5, 5.41) is 11.2. The molecule has 0 aromatic carbocycles. The SMILES string of the molecule is C=C1C[C@H]2[C@H](CC[C@@]3(C)[C@H]2CC[C@]3(O)C(C)=O)[C@@]2(C)CCC(=O)C=C12. The fourth-order valence-electron chi connectivity index (χ4n) is 7.16. The van der Waals surface area contributed by atoms with Crippen LogP contribution in [0.5, 0.6) is 0 Å². The van der Waals surface area contributed by atoms with Gasteiger partial charge in [-0.25, -0.2) is 0 Å². The number of ketones is 2. The fourth-order valence-corrected chi connectivity index (χ4v) is 7.16. The monoisotopic (exact) mass is 342 g/mol. The van der Waals surface area contributed by atoms with E-state index in [-0.39, 0.29) is 22.4 Å². The average molecular weight is 342 g/mol. The number of hydrogen-bond donors (Lipinski definition) is 1. The lowest BCUT2D eigenvalue weighted by molar-refractivity contribution is -0.159. The molecule has 3 saturated carbocycles. The molecule has 6 atom stereocenters. The Morgan fingerprint density at radius 1 is 1.20 bits per heavy atom. The van der Waals surface area contributed by atoms with E-state index in [1.165, 1.54) is 5.57 Å². The van der Waals surface area contributed by atoms with Gasteiger partial charge in [0, 0.05) is 11.8 Å². The van der Waals surface area contributed by atoms with Crippen LogP contribution in [-0.2, 0) is 9.59 Å². The molecule has 3 fully saturated rings. The molecule has 0 heterocycles. The second-order valence-electron chi connectivity index (χ2n) is 9.54. The molecule has 0 aromatic heterocycles. The maximum absolute atomic E-state index is 12.3. The van der Waals surface area contributed by atoms with Gasteiger partial charge in [0.25, 0.3) is 0 Å². The number of carbonyl (C=O) groups is 2. The van der Waals surface area contributed by atoms with Crippen LogP contribution < -0.4 is 0 Å². The maximum atomic E-state index is 12.3. The zero-order chi connectivity index (χ0) is 18.2. The summed E-state index contributed by atoms with van der Waals surface area (Å²) >= 11 is 0. The van der Waals surface area contributed by atoms with Crippen LogP contribution in [0, 0.1) is 28.6 Å². The molecule has 25 heavy (non-hydrogen) atoms. The van der Waals surface area contributed by atoms with E-state index < -0.39 is 5.60 Å². The highest BCUT2D eigenvalue weighted by atomic mass is 16.3. The lowest BCUT2D eigenvalue weighted by Gasteiger charge is -2.59. The van der Waals surface area contributed by atoms with Gasteiger partial charge in [-0.1, -0.05) is 26.0 Å². The van der Waals surface area contributed by atoms with Crippen LogP contribution in [0.1, 0.15) is 65.7 Å². The molecule has 0 saturated heterocycles. The number of rotatable bonds is 1. The van der Waals surface area contributed by atoms with Crippen LogP contribution in [0.4, 0.5) is 0 Å². The summed E-state index contributed by atoms with van der Waals surface area (Å²) in [6, 6.07) is 0. The van der Waals surface area contributed by atoms with Gasteiger partial charge in [0.15, 0.2) is 11.6 Å². The molecule has 0 radical (unpaired) electrons. The Morgan fingerprint density at radius 2 is 1.88 bits per heavy atom. The normalized spacial score (nSPS) is 49.1. The summed E-state index contributed by atoms with van der Waals surface area (Å²) < 4.78 is 0. The van der Waals surface area contributed by atoms with E-state index in [4.69, 9.17) is 0 Å². The van der Waals surface area contributed by atoms with Crippen molar-refractivity contribution < 1.29 is 14.7 Å². The summed E-state index contributed by atoms with van der Waals surface area (Å²) in [4.78, 5) is 24.2. The number of carbonyl (C=O) groups excluding carboxylic acids is 2. The lowest BCUT2D eigenvalue weighted by Crippen LogP contribution is -2.57. The van der Waals surface area contributed by atoms with Crippen molar-refractivity contribution >= 4 is 11.6 Å². The Hall–Kier alpha value is -1.22. The smallest absolute Gasteiger partial charge is 0.161 e. The Kier molecular flexibility index (Phi) is 3.55. The van der Waals surface area contributed by atoms with Gasteiger partial charge in [-0.2, -0.15) is 0 Å². The van der Waals surface area contributed by atoms with Crippen molar-refractivity contribution in [2.75, 3.05) is 0 Å². The maximum Gasteiger partial charge on any atom is 0.161 e. The minimum atomic E-state index is -1.16. The first-order chi connectivity index (χ1) is 11.6. The van der Waals surface area contributed by atoms with Crippen molar-refractivity contribution in [3.63, 3.8) is 0 Å². The first-order valence-electron chi connectivity index (χ1n) is 9.80. The summed E-state index contributed by atoms with van der Waals surface area (Å²) in [7, 11) is 0. The molecule has 0 unspecified atom stereocenters. The molecule has 136 valence electrons. The number of allylic oxidation sites excluding steroid dienone is 2. The second-order valence-corrected chi connectivity index (χ2v) is 9.54. The predicted octanol–water partition coefficient (Wildman–Crippen LogP) is 4.00. The van der Waals surface area contributed by atoms with Gasteiger partial charge in [-0.05, 0) is 80.3 Å². The largest absolute Gasteiger partial charge is 0.382 e. The molecular formula is C22H30O3. The first kappa shape index (κ1) is 17.2. The Balaban J connectivity index is 1.75. The highest BCUT2D eigenvalue weighted by Gasteiger charge is 2.65. The van der Waals surface area contributed by atoms with Crippen molar-refractivity contribution in [2.24, 2.45) is 28.6 Å². The van der Waals surface area contributed by atoms with Crippen LogP contribution in [0.25, 0.3) is 0 Å².